The van der Waals surface area contributed by atoms with Crippen LogP contribution in [0.3, 0.4) is 0 Å². The summed E-state index contributed by atoms with van der Waals surface area (Å²) in [6, 6.07) is 0.164. The SMILES string of the molecule is CSCN1CC2CC1CC2(F)F. The number of halogens is 2. The molecule has 0 aromatic rings. The molecule has 0 amide bonds. The lowest BCUT2D eigenvalue weighted by atomic mass is 10.1. The van der Waals surface area contributed by atoms with Gasteiger partial charge in [-0.2, -0.15) is 0 Å². The van der Waals surface area contributed by atoms with Crippen LogP contribution in [-0.4, -0.2) is 35.5 Å². The van der Waals surface area contributed by atoms with Gasteiger partial charge in [-0.05, 0) is 12.7 Å². The van der Waals surface area contributed by atoms with Crippen LogP contribution >= 0.6 is 11.8 Å². The summed E-state index contributed by atoms with van der Waals surface area (Å²) in [6.45, 7) is 0.610. The second kappa shape index (κ2) is 2.84. The number of piperidine rings is 1. The molecule has 2 rings (SSSR count). The molecule has 0 aromatic carbocycles. The topological polar surface area (TPSA) is 3.24 Å². The average Bonchev–Trinajstić information content (AvgIpc) is 2.44. The van der Waals surface area contributed by atoms with Crippen molar-refractivity contribution in [2.45, 2.75) is 24.8 Å². The van der Waals surface area contributed by atoms with Crippen molar-refractivity contribution in [3.05, 3.63) is 0 Å². The lowest BCUT2D eigenvalue weighted by molar-refractivity contribution is -0.0643. The second-order valence-corrected chi connectivity index (χ2v) is 4.58. The zero-order valence-electron chi connectivity index (χ0n) is 7.09. The van der Waals surface area contributed by atoms with Crippen molar-refractivity contribution in [2.24, 2.45) is 5.92 Å². The number of alkyl halides is 2. The van der Waals surface area contributed by atoms with E-state index >= 15 is 0 Å². The third-order valence-electron chi connectivity index (χ3n) is 2.93. The van der Waals surface area contributed by atoms with Gasteiger partial charge in [0, 0.05) is 30.8 Å². The molecule has 2 unspecified atom stereocenters. The zero-order valence-corrected chi connectivity index (χ0v) is 7.91. The first-order valence-corrected chi connectivity index (χ1v) is 5.63. The van der Waals surface area contributed by atoms with Crippen LogP contribution in [-0.2, 0) is 0 Å². The van der Waals surface area contributed by atoms with Crippen molar-refractivity contribution >= 4 is 11.8 Å². The van der Waals surface area contributed by atoms with E-state index in [-0.39, 0.29) is 18.4 Å². The maximum Gasteiger partial charge on any atom is 0.253 e. The molecule has 12 heavy (non-hydrogen) atoms. The van der Waals surface area contributed by atoms with Gasteiger partial charge < -0.3 is 0 Å². The van der Waals surface area contributed by atoms with E-state index in [1.807, 2.05) is 6.26 Å². The average molecular weight is 193 g/mol. The number of hydrogen-bond acceptors (Lipinski definition) is 2. The Balaban J connectivity index is 1.98. The molecule has 2 aliphatic rings. The molecular formula is C8H13F2NS. The molecule has 0 aromatic heterocycles. The Hall–Kier alpha value is 0.170. The van der Waals surface area contributed by atoms with E-state index in [0.29, 0.717) is 13.0 Å². The van der Waals surface area contributed by atoms with Crippen LogP contribution in [0.25, 0.3) is 0 Å². The number of nitrogens with zero attached hydrogens (tertiary/aromatic N) is 1. The molecule has 70 valence electrons. The van der Waals surface area contributed by atoms with Crippen LogP contribution in [0.2, 0.25) is 0 Å². The minimum atomic E-state index is -2.36. The van der Waals surface area contributed by atoms with Gasteiger partial charge in [0.2, 0.25) is 0 Å². The van der Waals surface area contributed by atoms with Crippen LogP contribution in [0.5, 0.6) is 0 Å². The maximum absolute atomic E-state index is 13.0. The minimum Gasteiger partial charge on any atom is -0.290 e. The fraction of sp³-hybridized carbons (Fsp3) is 1.00. The van der Waals surface area contributed by atoms with Gasteiger partial charge >= 0.3 is 0 Å². The molecule has 1 aliphatic heterocycles. The first kappa shape index (κ1) is 8.75. The summed E-state index contributed by atoms with van der Waals surface area (Å²) < 4.78 is 26.0. The molecule has 0 N–H and O–H groups in total. The van der Waals surface area contributed by atoms with Gasteiger partial charge in [-0.1, -0.05) is 0 Å². The molecule has 1 heterocycles. The van der Waals surface area contributed by atoms with Crippen LogP contribution in [0, 0.1) is 5.92 Å². The first-order chi connectivity index (χ1) is 5.63. The van der Waals surface area contributed by atoms with E-state index in [0.717, 1.165) is 5.88 Å². The van der Waals surface area contributed by atoms with Crippen molar-refractivity contribution < 1.29 is 8.78 Å². The maximum atomic E-state index is 13.0. The van der Waals surface area contributed by atoms with Crippen LogP contribution in [0.15, 0.2) is 0 Å². The molecule has 2 bridgehead atoms. The number of hydrogen-bond donors (Lipinski definition) is 0. The van der Waals surface area contributed by atoms with Gasteiger partial charge in [-0.25, -0.2) is 8.78 Å². The summed E-state index contributed by atoms with van der Waals surface area (Å²) in [5, 5.41) is 0. The van der Waals surface area contributed by atoms with E-state index in [4.69, 9.17) is 0 Å². The highest BCUT2D eigenvalue weighted by Gasteiger charge is 2.55. The molecule has 1 saturated heterocycles. The molecule has 2 atom stereocenters. The van der Waals surface area contributed by atoms with Crippen LogP contribution in [0.1, 0.15) is 12.8 Å². The largest absolute Gasteiger partial charge is 0.290 e. The Bertz CT molecular complexity index is 186. The zero-order chi connectivity index (χ0) is 8.77. The van der Waals surface area contributed by atoms with Gasteiger partial charge in [0.1, 0.15) is 0 Å². The third-order valence-corrected chi connectivity index (χ3v) is 3.52. The van der Waals surface area contributed by atoms with Gasteiger partial charge in [0.15, 0.2) is 0 Å². The van der Waals surface area contributed by atoms with Crippen LogP contribution < -0.4 is 0 Å². The third kappa shape index (κ3) is 1.25. The number of thioether (sulfide) groups is 1. The van der Waals surface area contributed by atoms with Gasteiger partial charge in [0.25, 0.3) is 5.92 Å². The molecular weight excluding hydrogens is 180 g/mol. The first-order valence-electron chi connectivity index (χ1n) is 4.24. The highest BCUT2D eigenvalue weighted by molar-refractivity contribution is 7.98. The van der Waals surface area contributed by atoms with Crippen molar-refractivity contribution in [1.82, 2.24) is 4.90 Å². The van der Waals surface area contributed by atoms with E-state index < -0.39 is 5.92 Å². The monoisotopic (exact) mass is 193 g/mol. The Morgan fingerprint density at radius 3 is 2.75 bits per heavy atom. The molecule has 4 heteroatoms. The van der Waals surface area contributed by atoms with E-state index in [1.54, 1.807) is 11.8 Å². The summed E-state index contributed by atoms with van der Waals surface area (Å²) in [5.41, 5.74) is 0. The van der Waals surface area contributed by atoms with Crippen LogP contribution in [0.4, 0.5) is 8.78 Å². The van der Waals surface area contributed by atoms with Crippen molar-refractivity contribution in [3.8, 4) is 0 Å². The lowest BCUT2D eigenvalue weighted by Crippen LogP contribution is -2.40. The Kier molecular flexibility index (Phi) is 2.07. The molecule has 0 spiro atoms. The standard InChI is InChI=1S/C8H13F2NS/c1-12-5-11-4-6-2-7(11)3-8(6,9)10/h6-7H,2-5H2,1H3. The highest BCUT2D eigenvalue weighted by atomic mass is 32.2. The minimum absolute atomic E-state index is 0.0955. The van der Waals surface area contributed by atoms with E-state index in [2.05, 4.69) is 4.90 Å². The summed E-state index contributed by atoms with van der Waals surface area (Å²) in [7, 11) is 0. The Morgan fingerprint density at radius 1 is 1.58 bits per heavy atom. The Morgan fingerprint density at radius 2 is 2.33 bits per heavy atom. The predicted octanol–water partition coefficient (Wildman–Crippen LogP) is 2.04. The van der Waals surface area contributed by atoms with Crippen molar-refractivity contribution in [3.63, 3.8) is 0 Å². The predicted molar refractivity (Wildman–Crippen MR) is 46.5 cm³/mol. The van der Waals surface area contributed by atoms with Gasteiger partial charge in [-0.15, -0.1) is 11.8 Å². The molecule has 1 nitrogen and oxygen atoms in total. The summed E-state index contributed by atoms with van der Waals surface area (Å²) in [4.78, 5) is 2.19. The summed E-state index contributed by atoms with van der Waals surface area (Å²) >= 11 is 1.72. The Labute approximate surface area is 75.5 Å². The fourth-order valence-corrected chi connectivity index (χ4v) is 2.96. The van der Waals surface area contributed by atoms with E-state index in [9.17, 15) is 8.78 Å². The summed E-state index contributed by atoms with van der Waals surface area (Å²) in [6.07, 6.45) is 2.83. The quantitative estimate of drug-likeness (QED) is 0.660. The van der Waals surface area contributed by atoms with Crippen molar-refractivity contribution in [1.29, 1.82) is 0 Å². The normalized spacial score (nSPS) is 39.2. The van der Waals surface area contributed by atoms with Crippen molar-refractivity contribution in [2.75, 3.05) is 18.7 Å². The number of likely N-dealkylation sites (tertiary alicyclic amines) is 1. The molecule has 2 fully saturated rings. The smallest absolute Gasteiger partial charge is 0.253 e. The number of rotatable bonds is 2. The molecule has 1 saturated carbocycles. The van der Waals surface area contributed by atoms with Gasteiger partial charge in [-0.3, -0.25) is 4.90 Å². The lowest BCUT2D eigenvalue weighted by Gasteiger charge is -2.30. The van der Waals surface area contributed by atoms with E-state index in [1.165, 1.54) is 0 Å². The highest BCUT2D eigenvalue weighted by Crippen LogP contribution is 2.48. The molecule has 1 aliphatic carbocycles. The van der Waals surface area contributed by atoms with Gasteiger partial charge in [0.05, 0.1) is 0 Å². The fourth-order valence-electron chi connectivity index (χ4n) is 2.31. The summed E-state index contributed by atoms with van der Waals surface area (Å²) in [5.74, 6) is -1.80. The molecule has 0 radical (unpaired) electrons. The number of fused-ring (bicyclic) bond motifs is 2. The second-order valence-electron chi connectivity index (χ2n) is 3.74.